The zero-order valence-corrected chi connectivity index (χ0v) is 19.9. The number of para-hydroxylation sites is 1. The van der Waals surface area contributed by atoms with Crippen LogP contribution in [0.25, 0.3) is 20.8 Å². The molecule has 34 heavy (non-hydrogen) atoms. The van der Waals surface area contributed by atoms with E-state index in [1.807, 2.05) is 43.3 Å². The summed E-state index contributed by atoms with van der Waals surface area (Å²) in [6.45, 7) is 1.68. The van der Waals surface area contributed by atoms with Crippen molar-refractivity contribution < 1.29 is 15.3 Å². The van der Waals surface area contributed by atoms with Crippen molar-refractivity contribution in [3.8, 4) is 10.6 Å². The maximum Gasteiger partial charge on any atom is 0.229 e. The molecule has 0 radical (unpaired) electrons. The van der Waals surface area contributed by atoms with Crippen LogP contribution in [0.4, 0.5) is 17.5 Å². The Balaban J connectivity index is 1.57. The van der Waals surface area contributed by atoms with Crippen LogP contribution >= 0.6 is 22.9 Å². The smallest absolute Gasteiger partial charge is 0.229 e. The summed E-state index contributed by atoms with van der Waals surface area (Å²) in [5.74, 6) is 0.440. The topological polar surface area (TPSA) is 123 Å². The number of anilines is 3. The summed E-state index contributed by atoms with van der Waals surface area (Å²) in [7, 11) is 0. The summed E-state index contributed by atoms with van der Waals surface area (Å²) in [5.41, 5.74) is 3.05. The quantitative estimate of drug-likeness (QED) is 0.271. The van der Waals surface area contributed by atoms with Crippen LogP contribution in [0.2, 0.25) is 5.02 Å². The molecule has 4 unspecified atom stereocenters. The summed E-state index contributed by atoms with van der Waals surface area (Å²) >= 11 is 7.65. The Kier molecular flexibility index (Phi) is 6.37. The number of aliphatic hydroxyl groups excluding tert-OH is 3. The number of nitrogens with one attached hydrogen (secondary N) is 2. The van der Waals surface area contributed by atoms with Gasteiger partial charge >= 0.3 is 0 Å². The molecule has 5 N–H and O–H groups in total. The van der Waals surface area contributed by atoms with E-state index < -0.39 is 24.2 Å². The number of aliphatic hydroxyl groups is 3. The van der Waals surface area contributed by atoms with Crippen LogP contribution in [0.5, 0.6) is 0 Å². The molecule has 176 valence electrons. The summed E-state index contributed by atoms with van der Waals surface area (Å²) in [6.07, 6.45) is -1.65. The Bertz CT molecular complexity index is 1300. The molecule has 5 rings (SSSR count). The molecular weight excluding hydrogens is 474 g/mol. The first-order valence-corrected chi connectivity index (χ1v) is 12.1. The molecule has 0 bridgehead atoms. The van der Waals surface area contributed by atoms with E-state index in [0.29, 0.717) is 28.9 Å². The van der Waals surface area contributed by atoms with E-state index in [2.05, 4.69) is 15.6 Å². The lowest BCUT2D eigenvalue weighted by atomic mass is 10.1. The largest absolute Gasteiger partial charge is 0.396 e. The van der Waals surface area contributed by atoms with E-state index in [1.54, 1.807) is 12.1 Å². The van der Waals surface area contributed by atoms with Crippen molar-refractivity contribution in [3.63, 3.8) is 0 Å². The second-order valence-corrected chi connectivity index (χ2v) is 9.86. The molecule has 1 aliphatic rings. The average molecular weight is 498 g/mol. The number of aromatic nitrogens is 3. The minimum atomic E-state index is -1.04. The highest BCUT2D eigenvalue weighted by atomic mass is 35.5. The second-order valence-electron chi connectivity index (χ2n) is 8.39. The minimum Gasteiger partial charge on any atom is -0.396 e. The molecule has 0 saturated heterocycles. The number of thiazole rings is 1. The first-order valence-electron chi connectivity index (χ1n) is 10.9. The van der Waals surface area contributed by atoms with E-state index in [1.165, 1.54) is 11.3 Å². The van der Waals surface area contributed by atoms with Gasteiger partial charge in [0.1, 0.15) is 16.9 Å². The first-order chi connectivity index (χ1) is 16.4. The van der Waals surface area contributed by atoms with Crippen LogP contribution in [-0.4, -0.2) is 55.1 Å². The third-order valence-electron chi connectivity index (χ3n) is 6.04. The zero-order valence-electron chi connectivity index (χ0n) is 18.3. The monoisotopic (exact) mass is 497 g/mol. The van der Waals surface area contributed by atoms with Gasteiger partial charge in [-0.15, -0.1) is 11.3 Å². The molecule has 10 heteroatoms. The zero-order chi connectivity index (χ0) is 23.8. The molecule has 2 aromatic carbocycles. The standard InChI is InChI=1S/C24H24ClN5O3S/c1-12-19(23-29-16-7-2-3-8-18(16)34-23)22(28-17-9-13(11-31)20(32)21(17)33)30-24(26-12)27-15-6-4-5-14(25)10-15/h2-8,10,13,17,20-21,31-33H,9,11H2,1H3,(H2,26,27,28,30). The Morgan fingerprint density at radius 3 is 2.62 bits per heavy atom. The van der Waals surface area contributed by atoms with Gasteiger partial charge in [0.25, 0.3) is 0 Å². The number of fused-ring (bicyclic) bond motifs is 1. The van der Waals surface area contributed by atoms with E-state index in [-0.39, 0.29) is 6.61 Å². The van der Waals surface area contributed by atoms with E-state index in [4.69, 9.17) is 21.6 Å². The molecule has 1 aliphatic carbocycles. The minimum absolute atomic E-state index is 0.203. The van der Waals surface area contributed by atoms with Crippen molar-refractivity contribution >= 4 is 50.6 Å². The number of rotatable bonds is 6. The Labute approximate surface area is 205 Å². The molecule has 0 amide bonds. The highest BCUT2D eigenvalue weighted by Crippen LogP contribution is 2.38. The molecular formula is C24H24ClN5O3S. The van der Waals surface area contributed by atoms with Crippen molar-refractivity contribution in [3.05, 3.63) is 59.2 Å². The maximum atomic E-state index is 10.6. The predicted molar refractivity (Wildman–Crippen MR) is 135 cm³/mol. The first kappa shape index (κ1) is 22.9. The molecule has 1 saturated carbocycles. The molecule has 4 atom stereocenters. The number of halogens is 1. The molecule has 8 nitrogen and oxygen atoms in total. The van der Waals surface area contributed by atoms with Gasteiger partial charge in [0, 0.05) is 23.2 Å². The van der Waals surface area contributed by atoms with Gasteiger partial charge in [-0.3, -0.25) is 0 Å². The number of benzene rings is 2. The third kappa shape index (κ3) is 4.45. The molecule has 4 aromatic rings. The molecule has 2 heterocycles. The lowest BCUT2D eigenvalue weighted by molar-refractivity contribution is 0.00446. The highest BCUT2D eigenvalue weighted by molar-refractivity contribution is 7.21. The van der Waals surface area contributed by atoms with Crippen LogP contribution in [0.3, 0.4) is 0 Å². The molecule has 0 spiro atoms. The van der Waals surface area contributed by atoms with Crippen molar-refractivity contribution in [2.75, 3.05) is 17.2 Å². The van der Waals surface area contributed by atoms with Crippen molar-refractivity contribution in [1.29, 1.82) is 0 Å². The van der Waals surface area contributed by atoms with Crippen LogP contribution in [0.15, 0.2) is 48.5 Å². The summed E-state index contributed by atoms with van der Waals surface area (Å²) in [5, 5.41) is 38.3. The summed E-state index contributed by atoms with van der Waals surface area (Å²) in [6, 6.07) is 14.6. The lowest BCUT2D eigenvalue weighted by Crippen LogP contribution is -2.35. The van der Waals surface area contributed by atoms with Crippen LogP contribution in [0, 0.1) is 12.8 Å². The third-order valence-corrected chi connectivity index (χ3v) is 7.33. The Morgan fingerprint density at radius 2 is 1.88 bits per heavy atom. The normalized spacial score (nSPS) is 22.3. The van der Waals surface area contributed by atoms with Gasteiger partial charge in [0.05, 0.1) is 33.6 Å². The van der Waals surface area contributed by atoms with Crippen LogP contribution in [-0.2, 0) is 0 Å². The lowest BCUT2D eigenvalue weighted by Gasteiger charge is -2.21. The van der Waals surface area contributed by atoms with Crippen LogP contribution < -0.4 is 10.6 Å². The predicted octanol–water partition coefficient (Wildman–Crippen LogP) is 3.97. The number of nitrogens with zero attached hydrogens (tertiary/aromatic N) is 3. The summed E-state index contributed by atoms with van der Waals surface area (Å²) < 4.78 is 1.04. The van der Waals surface area contributed by atoms with E-state index in [9.17, 15) is 15.3 Å². The van der Waals surface area contributed by atoms with Gasteiger partial charge in [0.2, 0.25) is 5.95 Å². The fraction of sp³-hybridized carbons (Fsp3) is 0.292. The molecule has 0 aliphatic heterocycles. The van der Waals surface area contributed by atoms with Gasteiger partial charge in [0.15, 0.2) is 0 Å². The maximum absolute atomic E-state index is 10.6. The second kappa shape index (κ2) is 9.44. The molecule has 1 fully saturated rings. The van der Waals surface area contributed by atoms with Crippen LogP contribution in [0.1, 0.15) is 12.1 Å². The van der Waals surface area contributed by atoms with Crippen molar-refractivity contribution in [1.82, 2.24) is 15.0 Å². The van der Waals surface area contributed by atoms with E-state index in [0.717, 1.165) is 26.5 Å². The Hall–Kier alpha value is -2.82. The van der Waals surface area contributed by atoms with Gasteiger partial charge in [-0.25, -0.2) is 9.97 Å². The van der Waals surface area contributed by atoms with Gasteiger partial charge in [-0.1, -0.05) is 29.8 Å². The van der Waals surface area contributed by atoms with E-state index >= 15 is 0 Å². The van der Waals surface area contributed by atoms with Gasteiger partial charge < -0.3 is 26.0 Å². The SMILES string of the molecule is Cc1nc(Nc2cccc(Cl)c2)nc(NC2CC(CO)C(O)C2O)c1-c1nc2ccccc2s1. The summed E-state index contributed by atoms with van der Waals surface area (Å²) in [4.78, 5) is 14.1. The number of hydrogen-bond acceptors (Lipinski definition) is 9. The highest BCUT2D eigenvalue weighted by Gasteiger charge is 2.41. The number of hydrogen-bond donors (Lipinski definition) is 5. The number of aryl methyl sites for hydroxylation is 1. The Morgan fingerprint density at radius 1 is 1.06 bits per heavy atom. The van der Waals surface area contributed by atoms with Gasteiger partial charge in [-0.2, -0.15) is 4.98 Å². The average Bonchev–Trinajstić information content (AvgIpc) is 3.35. The van der Waals surface area contributed by atoms with Gasteiger partial charge in [-0.05, 0) is 43.7 Å². The van der Waals surface area contributed by atoms with Crippen molar-refractivity contribution in [2.24, 2.45) is 5.92 Å². The molecule has 2 aromatic heterocycles. The fourth-order valence-electron chi connectivity index (χ4n) is 4.29. The fourth-order valence-corrected chi connectivity index (χ4v) is 5.54. The van der Waals surface area contributed by atoms with Crippen molar-refractivity contribution in [2.45, 2.75) is 31.6 Å².